The number of carbonyl (C=O) groups excluding carboxylic acids is 2. The molecule has 1 aromatic heterocycles. The molecule has 1 saturated heterocycles. The van der Waals surface area contributed by atoms with E-state index in [1.807, 2.05) is 0 Å². The number of benzene rings is 3. The van der Waals surface area contributed by atoms with Gasteiger partial charge in [-0.15, -0.1) is 0 Å². The summed E-state index contributed by atoms with van der Waals surface area (Å²) >= 11 is 12.4. The highest BCUT2D eigenvalue weighted by Crippen LogP contribution is 2.38. The van der Waals surface area contributed by atoms with E-state index in [2.05, 4.69) is 0 Å². The first-order valence-electron chi connectivity index (χ1n) is 12.9. The summed E-state index contributed by atoms with van der Waals surface area (Å²) in [5, 5.41) is 1.17. The Balaban J connectivity index is 1.49. The second-order valence-electron chi connectivity index (χ2n) is 10.2. The molecule has 3 aromatic carbocycles. The maximum absolute atomic E-state index is 13.5. The molecule has 1 fully saturated rings. The van der Waals surface area contributed by atoms with E-state index in [1.54, 1.807) is 42.5 Å². The average Bonchev–Trinajstić information content (AvgIpc) is 3.40. The van der Waals surface area contributed by atoms with Gasteiger partial charge in [-0.25, -0.2) is 0 Å². The molecular formula is C30H22Cl2F6N2O3. The van der Waals surface area contributed by atoms with Crippen LogP contribution in [0.15, 0.2) is 71.1 Å². The summed E-state index contributed by atoms with van der Waals surface area (Å²) in [7, 11) is 1.31. The van der Waals surface area contributed by atoms with Crippen LogP contribution in [0.4, 0.5) is 26.3 Å². The second kappa shape index (κ2) is 11.4. The minimum absolute atomic E-state index is 0.0303. The molecule has 43 heavy (non-hydrogen) atoms. The van der Waals surface area contributed by atoms with Crippen molar-refractivity contribution < 1.29 is 40.3 Å². The molecule has 5 nitrogen and oxygen atoms in total. The first-order chi connectivity index (χ1) is 20.1. The van der Waals surface area contributed by atoms with Crippen LogP contribution in [-0.2, 0) is 12.4 Å². The van der Waals surface area contributed by atoms with Crippen LogP contribution in [0.3, 0.4) is 0 Å². The summed E-state index contributed by atoms with van der Waals surface area (Å²) in [6, 6.07) is 13.5. The monoisotopic (exact) mass is 642 g/mol. The van der Waals surface area contributed by atoms with Gasteiger partial charge in [-0.1, -0.05) is 47.5 Å². The Morgan fingerprint density at radius 1 is 0.884 bits per heavy atom. The highest BCUT2D eigenvalue weighted by molar-refractivity contribution is 6.42. The number of hydrogen-bond donors (Lipinski definition) is 0. The van der Waals surface area contributed by atoms with Gasteiger partial charge in [0.2, 0.25) is 0 Å². The predicted octanol–water partition coefficient (Wildman–Crippen LogP) is 8.55. The molecule has 5 rings (SSSR count). The number of halogens is 8. The molecule has 2 atom stereocenters. The lowest BCUT2D eigenvalue weighted by Gasteiger charge is -2.43. The molecule has 1 aliphatic rings. The number of hydrogen-bond acceptors (Lipinski definition) is 3. The number of para-hydroxylation sites is 1. The van der Waals surface area contributed by atoms with Crippen molar-refractivity contribution in [3.8, 4) is 0 Å². The van der Waals surface area contributed by atoms with E-state index in [9.17, 15) is 35.9 Å². The van der Waals surface area contributed by atoms with E-state index < -0.39 is 52.8 Å². The van der Waals surface area contributed by atoms with Gasteiger partial charge in [-0.05, 0) is 54.4 Å². The number of likely N-dealkylation sites (tertiary alicyclic amines) is 1. The maximum Gasteiger partial charge on any atom is 0.416 e. The Morgan fingerprint density at radius 3 is 2.14 bits per heavy atom. The molecule has 226 valence electrons. The molecule has 0 unspecified atom stereocenters. The fraction of sp³-hybridized carbons (Fsp3) is 0.267. The molecule has 13 heteroatoms. The van der Waals surface area contributed by atoms with Crippen LogP contribution in [-0.4, -0.2) is 47.8 Å². The van der Waals surface area contributed by atoms with Gasteiger partial charge in [0.1, 0.15) is 5.58 Å². The molecule has 0 aliphatic carbocycles. The lowest BCUT2D eigenvalue weighted by atomic mass is 9.84. The minimum Gasteiger partial charge on any atom is -0.451 e. The molecule has 0 bridgehead atoms. The van der Waals surface area contributed by atoms with Gasteiger partial charge in [0.15, 0.2) is 5.76 Å². The topological polar surface area (TPSA) is 53.8 Å². The van der Waals surface area contributed by atoms with Crippen molar-refractivity contribution in [1.82, 2.24) is 9.80 Å². The van der Waals surface area contributed by atoms with Gasteiger partial charge in [-0.2, -0.15) is 26.3 Å². The van der Waals surface area contributed by atoms with Crippen LogP contribution in [0.25, 0.3) is 11.0 Å². The van der Waals surface area contributed by atoms with Gasteiger partial charge in [0, 0.05) is 43.0 Å². The van der Waals surface area contributed by atoms with Crippen LogP contribution in [0, 0.1) is 0 Å². The minimum atomic E-state index is -5.11. The van der Waals surface area contributed by atoms with E-state index >= 15 is 0 Å². The lowest BCUT2D eigenvalue weighted by molar-refractivity contribution is -0.143. The van der Waals surface area contributed by atoms with E-state index in [4.69, 9.17) is 27.6 Å². The van der Waals surface area contributed by atoms with E-state index in [0.29, 0.717) is 23.3 Å². The van der Waals surface area contributed by atoms with Crippen LogP contribution in [0.2, 0.25) is 10.0 Å². The summed E-state index contributed by atoms with van der Waals surface area (Å²) in [6.45, 7) is 0.179. The lowest BCUT2D eigenvalue weighted by Crippen LogP contribution is -2.51. The van der Waals surface area contributed by atoms with Crippen LogP contribution >= 0.6 is 23.2 Å². The summed E-state index contributed by atoms with van der Waals surface area (Å²) in [6.07, 6.45) is -10.1. The molecule has 2 amide bonds. The first-order valence-corrected chi connectivity index (χ1v) is 13.7. The number of amides is 2. The number of fused-ring (bicyclic) bond motifs is 1. The summed E-state index contributed by atoms with van der Waals surface area (Å²) in [4.78, 5) is 29.6. The van der Waals surface area contributed by atoms with Gasteiger partial charge in [0.05, 0.1) is 21.2 Å². The fourth-order valence-corrected chi connectivity index (χ4v) is 5.64. The van der Waals surface area contributed by atoms with E-state index in [1.165, 1.54) is 18.0 Å². The smallest absolute Gasteiger partial charge is 0.416 e. The van der Waals surface area contributed by atoms with E-state index in [-0.39, 0.29) is 41.4 Å². The van der Waals surface area contributed by atoms with Gasteiger partial charge in [0.25, 0.3) is 11.8 Å². The third-order valence-corrected chi connectivity index (χ3v) is 8.26. The second-order valence-corrected chi connectivity index (χ2v) is 11.1. The maximum atomic E-state index is 13.5. The van der Waals surface area contributed by atoms with Crippen LogP contribution in [0.1, 0.15) is 49.9 Å². The third-order valence-electron chi connectivity index (χ3n) is 7.52. The Kier molecular flexibility index (Phi) is 8.17. The number of furan rings is 1. The molecular weight excluding hydrogens is 621 g/mol. The Labute approximate surface area is 251 Å². The van der Waals surface area contributed by atoms with Crippen molar-refractivity contribution >= 4 is 46.0 Å². The van der Waals surface area contributed by atoms with Gasteiger partial charge < -0.3 is 14.2 Å². The first kappa shape index (κ1) is 30.7. The van der Waals surface area contributed by atoms with Crippen molar-refractivity contribution in [2.75, 3.05) is 20.1 Å². The van der Waals surface area contributed by atoms with Crippen molar-refractivity contribution in [3.63, 3.8) is 0 Å². The largest absolute Gasteiger partial charge is 0.451 e. The third kappa shape index (κ3) is 6.33. The average molecular weight is 643 g/mol. The fourth-order valence-electron chi connectivity index (χ4n) is 5.33. The molecule has 0 N–H and O–H groups in total. The zero-order valence-corrected chi connectivity index (χ0v) is 23.8. The standard InChI is InChI=1S/C30H22Cl2F6N2O3/c1-39(27(41)18-10-19(29(33,34)35)14-20(11-18)30(36,37)38)24-8-9-40(15-21(24)16-6-7-22(31)23(32)12-16)28(42)26-13-17-4-2-3-5-25(17)43-26/h2-7,10-14,21,24H,8-9,15H2,1H3/t21-,24+/m0/s1. The predicted molar refractivity (Wildman–Crippen MR) is 148 cm³/mol. The molecule has 0 spiro atoms. The zero-order valence-electron chi connectivity index (χ0n) is 22.3. The van der Waals surface area contributed by atoms with Crippen molar-refractivity contribution in [1.29, 1.82) is 0 Å². The molecule has 0 saturated carbocycles. The van der Waals surface area contributed by atoms with Gasteiger partial charge >= 0.3 is 12.4 Å². The number of piperidine rings is 1. The Hall–Kier alpha value is -3.70. The van der Waals surface area contributed by atoms with Crippen molar-refractivity contribution in [2.45, 2.75) is 30.7 Å². The number of likely N-dealkylation sites (N-methyl/N-ethyl adjacent to an activating group) is 1. The molecule has 1 aliphatic heterocycles. The van der Waals surface area contributed by atoms with E-state index in [0.717, 1.165) is 10.3 Å². The Bertz CT molecular complexity index is 1640. The zero-order chi connectivity index (χ0) is 31.3. The highest BCUT2D eigenvalue weighted by Gasteiger charge is 2.40. The van der Waals surface area contributed by atoms with Crippen LogP contribution < -0.4 is 0 Å². The number of alkyl halides is 6. The SMILES string of the molecule is CN(C(=O)c1cc(C(F)(F)F)cc(C(F)(F)F)c1)[C@@H]1CCN(C(=O)c2cc3ccccc3o2)C[C@H]1c1ccc(Cl)c(Cl)c1. The Morgan fingerprint density at radius 2 is 1.53 bits per heavy atom. The normalized spacial score (nSPS) is 17.7. The number of carbonyl (C=O) groups is 2. The number of nitrogens with zero attached hydrogens (tertiary/aromatic N) is 2. The molecule has 4 aromatic rings. The van der Waals surface area contributed by atoms with Crippen molar-refractivity contribution in [2.24, 2.45) is 0 Å². The molecule has 2 heterocycles. The van der Waals surface area contributed by atoms with Crippen molar-refractivity contribution in [3.05, 3.63) is 105 Å². The number of rotatable bonds is 4. The van der Waals surface area contributed by atoms with Crippen LogP contribution in [0.5, 0.6) is 0 Å². The summed E-state index contributed by atoms with van der Waals surface area (Å²) in [5.41, 5.74) is -2.86. The summed E-state index contributed by atoms with van der Waals surface area (Å²) in [5.74, 6) is -1.98. The highest BCUT2D eigenvalue weighted by atomic mass is 35.5. The summed E-state index contributed by atoms with van der Waals surface area (Å²) < 4.78 is 86.6. The van der Waals surface area contributed by atoms with Gasteiger partial charge in [-0.3, -0.25) is 9.59 Å². The molecule has 0 radical (unpaired) electrons. The quantitative estimate of drug-likeness (QED) is 0.210.